The molecule has 0 saturated carbocycles. The molecule has 6 nitrogen and oxygen atoms in total. The Morgan fingerprint density at radius 3 is 2.44 bits per heavy atom. The molecule has 0 aromatic heterocycles. The molecule has 1 amide bonds. The SMILES string of the molecule is CSCC[C@H](NC(=O)[C@@H](N)C(C)O)C(=O)O. The van der Waals surface area contributed by atoms with Gasteiger partial charge >= 0.3 is 5.97 Å². The number of hydrogen-bond acceptors (Lipinski definition) is 5. The Balaban J connectivity index is 4.28. The van der Waals surface area contributed by atoms with Crippen LogP contribution in [0.5, 0.6) is 0 Å². The van der Waals surface area contributed by atoms with Crippen LogP contribution < -0.4 is 11.1 Å². The Labute approximate surface area is 98.6 Å². The normalized spacial score (nSPS) is 16.2. The summed E-state index contributed by atoms with van der Waals surface area (Å²) in [6.45, 7) is 1.38. The minimum absolute atomic E-state index is 0.328. The molecule has 0 saturated heterocycles. The first-order valence-electron chi connectivity index (χ1n) is 4.86. The van der Waals surface area contributed by atoms with Gasteiger partial charge in [-0.05, 0) is 25.4 Å². The van der Waals surface area contributed by atoms with Gasteiger partial charge in [0.2, 0.25) is 5.91 Å². The molecule has 1 unspecified atom stereocenters. The van der Waals surface area contributed by atoms with Gasteiger partial charge < -0.3 is 21.3 Å². The molecule has 0 heterocycles. The molecule has 0 fully saturated rings. The van der Waals surface area contributed by atoms with Crippen LogP contribution in [-0.4, -0.2) is 52.3 Å². The third-order valence-electron chi connectivity index (χ3n) is 2.05. The zero-order valence-corrected chi connectivity index (χ0v) is 10.2. The molecule has 0 aromatic rings. The number of carbonyl (C=O) groups is 2. The van der Waals surface area contributed by atoms with Crippen molar-refractivity contribution >= 4 is 23.6 Å². The van der Waals surface area contributed by atoms with Crippen LogP contribution in [-0.2, 0) is 9.59 Å². The summed E-state index contributed by atoms with van der Waals surface area (Å²) >= 11 is 1.49. The zero-order chi connectivity index (χ0) is 12.7. The average molecular weight is 250 g/mol. The zero-order valence-electron chi connectivity index (χ0n) is 9.34. The maximum atomic E-state index is 11.4. The summed E-state index contributed by atoms with van der Waals surface area (Å²) in [5, 5.41) is 20.2. The van der Waals surface area contributed by atoms with Crippen molar-refractivity contribution in [1.29, 1.82) is 0 Å². The summed E-state index contributed by atoms with van der Waals surface area (Å²) in [7, 11) is 0. The van der Waals surface area contributed by atoms with Gasteiger partial charge in [-0.3, -0.25) is 4.79 Å². The summed E-state index contributed by atoms with van der Waals surface area (Å²) in [6, 6.07) is -2.05. The quantitative estimate of drug-likeness (QED) is 0.462. The summed E-state index contributed by atoms with van der Waals surface area (Å²) in [4.78, 5) is 22.2. The number of nitrogens with one attached hydrogen (secondary N) is 1. The van der Waals surface area contributed by atoms with Gasteiger partial charge in [-0.15, -0.1) is 0 Å². The Morgan fingerprint density at radius 2 is 2.06 bits per heavy atom. The highest BCUT2D eigenvalue weighted by molar-refractivity contribution is 7.98. The number of nitrogens with two attached hydrogens (primary N) is 1. The van der Waals surface area contributed by atoms with Gasteiger partial charge in [0.1, 0.15) is 12.1 Å². The van der Waals surface area contributed by atoms with Crippen molar-refractivity contribution < 1.29 is 19.8 Å². The first kappa shape index (κ1) is 15.2. The molecule has 0 rings (SSSR count). The van der Waals surface area contributed by atoms with E-state index in [1.54, 1.807) is 0 Å². The van der Waals surface area contributed by atoms with E-state index < -0.39 is 30.1 Å². The Kier molecular flexibility index (Phi) is 7.11. The van der Waals surface area contributed by atoms with E-state index in [2.05, 4.69) is 5.32 Å². The second kappa shape index (κ2) is 7.48. The van der Waals surface area contributed by atoms with Gasteiger partial charge in [0.25, 0.3) is 0 Å². The van der Waals surface area contributed by atoms with Crippen LogP contribution >= 0.6 is 11.8 Å². The van der Waals surface area contributed by atoms with Crippen molar-refractivity contribution in [3.63, 3.8) is 0 Å². The maximum absolute atomic E-state index is 11.4. The van der Waals surface area contributed by atoms with Crippen molar-refractivity contribution in [1.82, 2.24) is 5.32 Å². The predicted molar refractivity (Wildman–Crippen MR) is 62.2 cm³/mol. The molecule has 3 atom stereocenters. The molecule has 0 radical (unpaired) electrons. The lowest BCUT2D eigenvalue weighted by molar-refractivity contribution is -0.142. The predicted octanol–water partition coefficient (Wildman–Crippen LogP) is -0.983. The first-order valence-corrected chi connectivity index (χ1v) is 6.25. The van der Waals surface area contributed by atoms with Gasteiger partial charge in [-0.2, -0.15) is 11.8 Å². The van der Waals surface area contributed by atoms with Crippen LogP contribution in [0.2, 0.25) is 0 Å². The minimum atomic E-state index is -1.10. The van der Waals surface area contributed by atoms with Crippen molar-refractivity contribution in [2.45, 2.75) is 31.5 Å². The van der Waals surface area contributed by atoms with Crippen molar-refractivity contribution in [3.05, 3.63) is 0 Å². The van der Waals surface area contributed by atoms with Crippen LogP contribution in [0, 0.1) is 0 Å². The maximum Gasteiger partial charge on any atom is 0.326 e. The highest BCUT2D eigenvalue weighted by Gasteiger charge is 2.25. The molecule has 0 aliphatic heterocycles. The van der Waals surface area contributed by atoms with E-state index in [0.29, 0.717) is 12.2 Å². The minimum Gasteiger partial charge on any atom is -0.480 e. The van der Waals surface area contributed by atoms with E-state index in [1.165, 1.54) is 18.7 Å². The van der Waals surface area contributed by atoms with Gasteiger partial charge in [0.05, 0.1) is 6.10 Å². The lowest BCUT2D eigenvalue weighted by Gasteiger charge is -2.18. The fourth-order valence-electron chi connectivity index (χ4n) is 0.980. The number of carbonyl (C=O) groups excluding carboxylic acids is 1. The largest absolute Gasteiger partial charge is 0.480 e. The van der Waals surface area contributed by atoms with E-state index >= 15 is 0 Å². The highest BCUT2D eigenvalue weighted by Crippen LogP contribution is 2.01. The van der Waals surface area contributed by atoms with Crippen LogP contribution in [0.4, 0.5) is 0 Å². The lowest BCUT2D eigenvalue weighted by atomic mass is 10.1. The molecule has 16 heavy (non-hydrogen) atoms. The number of rotatable bonds is 7. The van der Waals surface area contributed by atoms with Crippen LogP contribution in [0.25, 0.3) is 0 Å². The first-order chi connectivity index (χ1) is 7.40. The molecule has 0 spiro atoms. The van der Waals surface area contributed by atoms with Gasteiger partial charge in [0.15, 0.2) is 0 Å². The second-order valence-corrected chi connectivity index (χ2v) is 4.43. The molecule has 0 aliphatic carbocycles. The summed E-state index contributed by atoms with van der Waals surface area (Å²) in [6.07, 6.45) is 1.17. The van der Waals surface area contributed by atoms with Crippen LogP contribution in [0.1, 0.15) is 13.3 Å². The molecule has 7 heteroatoms. The number of aliphatic hydroxyl groups is 1. The van der Waals surface area contributed by atoms with Crippen molar-refractivity contribution in [2.75, 3.05) is 12.0 Å². The molecule has 5 N–H and O–H groups in total. The van der Waals surface area contributed by atoms with E-state index in [9.17, 15) is 9.59 Å². The van der Waals surface area contributed by atoms with E-state index in [1.807, 2.05) is 6.26 Å². The standard InChI is InChI=1S/C9H18N2O4S/c1-5(12)7(10)8(13)11-6(9(14)15)3-4-16-2/h5-7,12H,3-4,10H2,1-2H3,(H,11,13)(H,14,15)/t5?,6-,7-/m0/s1. The number of carboxylic acid groups (broad SMARTS) is 1. The number of aliphatic hydroxyl groups excluding tert-OH is 1. The average Bonchev–Trinajstić information content (AvgIpc) is 2.21. The monoisotopic (exact) mass is 250 g/mol. The summed E-state index contributed by atoms with van der Waals surface area (Å²) in [5.74, 6) is -1.12. The molecular formula is C9H18N2O4S. The summed E-state index contributed by atoms with van der Waals surface area (Å²) < 4.78 is 0. The lowest BCUT2D eigenvalue weighted by Crippen LogP contribution is -2.52. The molecule has 0 bridgehead atoms. The van der Waals surface area contributed by atoms with E-state index in [4.69, 9.17) is 15.9 Å². The number of amides is 1. The number of carboxylic acids is 1. The number of thioether (sulfide) groups is 1. The Hall–Kier alpha value is -0.790. The third-order valence-corrected chi connectivity index (χ3v) is 2.69. The topological polar surface area (TPSA) is 113 Å². The van der Waals surface area contributed by atoms with Crippen molar-refractivity contribution in [2.24, 2.45) is 5.73 Å². The summed E-state index contributed by atoms with van der Waals surface area (Å²) in [5.41, 5.74) is 5.38. The smallest absolute Gasteiger partial charge is 0.326 e. The number of hydrogen-bond donors (Lipinski definition) is 4. The fraction of sp³-hybridized carbons (Fsp3) is 0.778. The van der Waals surface area contributed by atoms with Crippen molar-refractivity contribution in [3.8, 4) is 0 Å². The molecule has 0 aliphatic rings. The second-order valence-electron chi connectivity index (χ2n) is 3.45. The van der Waals surface area contributed by atoms with Gasteiger partial charge in [-0.1, -0.05) is 0 Å². The third kappa shape index (κ3) is 5.34. The Bertz CT molecular complexity index is 248. The molecule has 0 aromatic carbocycles. The van der Waals surface area contributed by atoms with Gasteiger partial charge in [0, 0.05) is 0 Å². The Morgan fingerprint density at radius 1 is 1.50 bits per heavy atom. The number of aliphatic carboxylic acids is 1. The molecule has 94 valence electrons. The van der Waals surface area contributed by atoms with Gasteiger partial charge in [-0.25, -0.2) is 4.79 Å². The van der Waals surface area contributed by atoms with Crippen LogP contribution in [0.15, 0.2) is 0 Å². The van der Waals surface area contributed by atoms with E-state index in [0.717, 1.165) is 0 Å². The molecular weight excluding hydrogens is 232 g/mol. The highest BCUT2D eigenvalue weighted by atomic mass is 32.2. The van der Waals surface area contributed by atoms with E-state index in [-0.39, 0.29) is 0 Å². The fourth-order valence-corrected chi connectivity index (χ4v) is 1.45. The van der Waals surface area contributed by atoms with Crippen LogP contribution in [0.3, 0.4) is 0 Å².